The molecule has 3 rings (SSSR count). The van der Waals surface area contributed by atoms with E-state index in [1.54, 1.807) is 19.1 Å². The van der Waals surface area contributed by atoms with Gasteiger partial charge in [-0.25, -0.2) is 0 Å². The van der Waals surface area contributed by atoms with Gasteiger partial charge in [0.05, 0.1) is 25.8 Å². The van der Waals surface area contributed by atoms with Gasteiger partial charge in [-0.3, -0.25) is 0 Å². The average Bonchev–Trinajstić information content (AvgIpc) is 2.62. The van der Waals surface area contributed by atoms with Gasteiger partial charge in [-0.1, -0.05) is 19.4 Å². The van der Waals surface area contributed by atoms with Gasteiger partial charge in [0.15, 0.2) is 11.5 Å². The molecule has 1 aromatic carbocycles. The van der Waals surface area contributed by atoms with E-state index in [2.05, 4.69) is 19.1 Å². The first kappa shape index (κ1) is 17.6. The van der Waals surface area contributed by atoms with Crippen molar-refractivity contribution in [2.45, 2.75) is 45.2 Å². The lowest BCUT2D eigenvalue weighted by Crippen LogP contribution is -3.29. The number of hydrogen-bond donors (Lipinski definition) is 2. The van der Waals surface area contributed by atoms with Crippen molar-refractivity contribution in [1.82, 2.24) is 0 Å². The molecule has 2 aliphatic rings. The molecular weight excluding hydrogens is 300 g/mol. The van der Waals surface area contributed by atoms with Crippen molar-refractivity contribution < 1.29 is 19.3 Å². The third kappa shape index (κ3) is 3.86. The topological polar surface area (TPSA) is 27.3 Å². The molecule has 2 atom stereocenters. The number of nitrogens with one attached hydrogen (secondary N) is 2. The molecule has 0 amide bonds. The van der Waals surface area contributed by atoms with Crippen LogP contribution in [0.5, 0.6) is 11.5 Å². The number of quaternary nitrogens is 2. The van der Waals surface area contributed by atoms with Gasteiger partial charge in [-0.05, 0) is 31.4 Å². The van der Waals surface area contributed by atoms with Gasteiger partial charge >= 0.3 is 0 Å². The zero-order valence-corrected chi connectivity index (χ0v) is 15.6. The monoisotopic (exact) mass is 334 g/mol. The minimum Gasteiger partial charge on any atom is -0.493 e. The third-order valence-corrected chi connectivity index (χ3v) is 6.16. The predicted octanol–water partition coefficient (Wildman–Crippen LogP) is 0.566. The van der Waals surface area contributed by atoms with E-state index < -0.39 is 0 Å². The lowest BCUT2D eigenvalue weighted by molar-refractivity contribution is -1.03. The molecule has 2 N–H and O–H groups in total. The SMILES string of the molecule is COc1cccc(C[NH+]2CC[NH+]([C@@H]3CCCC[C@H]3C)CC2)c1OC. The van der Waals surface area contributed by atoms with Crippen LogP contribution in [-0.4, -0.2) is 46.4 Å². The molecule has 0 bridgehead atoms. The van der Waals surface area contributed by atoms with E-state index in [1.807, 2.05) is 11.0 Å². The van der Waals surface area contributed by atoms with Crippen LogP contribution >= 0.6 is 0 Å². The molecule has 1 aliphatic heterocycles. The number of rotatable bonds is 5. The number of hydrogen-bond acceptors (Lipinski definition) is 2. The molecule has 1 saturated carbocycles. The molecular formula is C20H34N2O2+2. The highest BCUT2D eigenvalue weighted by atomic mass is 16.5. The first-order valence-electron chi connectivity index (χ1n) is 9.61. The highest BCUT2D eigenvalue weighted by Crippen LogP contribution is 2.30. The Morgan fingerprint density at radius 3 is 2.42 bits per heavy atom. The maximum atomic E-state index is 5.60. The van der Waals surface area contributed by atoms with E-state index in [1.165, 1.54) is 57.4 Å². The van der Waals surface area contributed by atoms with Crippen molar-refractivity contribution in [2.24, 2.45) is 5.92 Å². The summed E-state index contributed by atoms with van der Waals surface area (Å²) in [5.41, 5.74) is 1.27. The minimum atomic E-state index is 0.842. The summed E-state index contributed by atoms with van der Waals surface area (Å²) in [6, 6.07) is 7.13. The van der Waals surface area contributed by atoms with Crippen LogP contribution in [0, 0.1) is 5.92 Å². The van der Waals surface area contributed by atoms with Crippen molar-refractivity contribution in [3.05, 3.63) is 23.8 Å². The quantitative estimate of drug-likeness (QED) is 0.824. The molecule has 0 radical (unpaired) electrons. The van der Waals surface area contributed by atoms with Crippen LogP contribution in [0.1, 0.15) is 38.2 Å². The molecule has 2 fully saturated rings. The predicted molar refractivity (Wildman–Crippen MR) is 96.1 cm³/mol. The number of ether oxygens (including phenoxy) is 2. The third-order valence-electron chi connectivity index (χ3n) is 6.16. The zero-order chi connectivity index (χ0) is 16.9. The lowest BCUT2D eigenvalue weighted by Gasteiger charge is -2.39. The van der Waals surface area contributed by atoms with E-state index in [4.69, 9.17) is 9.47 Å². The van der Waals surface area contributed by atoms with E-state index in [9.17, 15) is 0 Å². The molecule has 1 aromatic rings. The Morgan fingerprint density at radius 2 is 1.75 bits per heavy atom. The fraction of sp³-hybridized carbons (Fsp3) is 0.700. The van der Waals surface area contributed by atoms with Crippen LogP contribution in [0.15, 0.2) is 18.2 Å². The number of benzene rings is 1. The van der Waals surface area contributed by atoms with Crippen molar-refractivity contribution in [2.75, 3.05) is 40.4 Å². The second kappa shape index (κ2) is 8.21. The van der Waals surface area contributed by atoms with E-state index >= 15 is 0 Å². The van der Waals surface area contributed by atoms with Crippen molar-refractivity contribution >= 4 is 0 Å². The molecule has 24 heavy (non-hydrogen) atoms. The second-order valence-electron chi connectivity index (χ2n) is 7.61. The summed E-state index contributed by atoms with van der Waals surface area (Å²) in [5.74, 6) is 2.66. The Kier molecular flexibility index (Phi) is 6.01. The molecule has 4 nitrogen and oxygen atoms in total. The summed E-state index contributed by atoms with van der Waals surface area (Å²) in [5, 5.41) is 0. The molecule has 1 heterocycles. The normalized spacial score (nSPS) is 30.8. The zero-order valence-electron chi connectivity index (χ0n) is 15.6. The van der Waals surface area contributed by atoms with Crippen LogP contribution in [-0.2, 0) is 6.54 Å². The summed E-state index contributed by atoms with van der Waals surface area (Å²) in [6.07, 6.45) is 5.76. The fourth-order valence-corrected chi connectivity index (χ4v) is 4.76. The molecule has 134 valence electrons. The average molecular weight is 335 g/mol. The summed E-state index contributed by atoms with van der Waals surface area (Å²) in [7, 11) is 3.45. The highest BCUT2D eigenvalue weighted by Gasteiger charge is 2.34. The van der Waals surface area contributed by atoms with Crippen molar-refractivity contribution in [1.29, 1.82) is 0 Å². The Morgan fingerprint density at radius 1 is 1.00 bits per heavy atom. The van der Waals surface area contributed by atoms with E-state index in [-0.39, 0.29) is 0 Å². The highest BCUT2D eigenvalue weighted by molar-refractivity contribution is 5.46. The van der Waals surface area contributed by atoms with Crippen LogP contribution < -0.4 is 19.3 Å². The largest absolute Gasteiger partial charge is 0.493 e. The Labute approximate surface area is 146 Å². The van der Waals surface area contributed by atoms with Gasteiger partial charge in [-0.15, -0.1) is 0 Å². The van der Waals surface area contributed by atoms with Gasteiger partial charge in [0.25, 0.3) is 0 Å². The molecule has 0 unspecified atom stereocenters. The smallest absolute Gasteiger partial charge is 0.169 e. The lowest BCUT2D eigenvalue weighted by atomic mass is 9.84. The first-order valence-corrected chi connectivity index (χ1v) is 9.61. The Balaban J connectivity index is 1.58. The van der Waals surface area contributed by atoms with Gasteiger partial charge in [-0.2, -0.15) is 0 Å². The van der Waals surface area contributed by atoms with Gasteiger partial charge < -0.3 is 19.3 Å². The van der Waals surface area contributed by atoms with Crippen molar-refractivity contribution in [3.63, 3.8) is 0 Å². The van der Waals surface area contributed by atoms with E-state index in [0.29, 0.717) is 0 Å². The summed E-state index contributed by atoms with van der Waals surface area (Å²) >= 11 is 0. The van der Waals surface area contributed by atoms with Crippen LogP contribution in [0.25, 0.3) is 0 Å². The summed E-state index contributed by atoms with van der Waals surface area (Å²) < 4.78 is 11.0. The van der Waals surface area contributed by atoms with Crippen LogP contribution in [0.3, 0.4) is 0 Å². The molecule has 1 saturated heterocycles. The van der Waals surface area contributed by atoms with Gasteiger partial charge in [0.2, 0.25) is 0 Å². The second-order valence-corrected chi connectivity index (χ2v) is 7.61. The minimum absolute atomic E-state index is 0.842. The maximum Gasteiger partial charge on any atom is 0.169 e. The summed E-state index contributed by atoms with van der Waals surface area (Å²) in [4.78, 5) is 3.54. The number of para-hydroxylation sites is 1. The molecule has 0 aromatic heterocycles. The van der Waals surface area contributed by atoms with E-state index in [0.717, 1.165) is 30.0 Å². The molecule has 0 spiro atoms. The Hall–Kier alpha value is -1.26. The van der Waals surface area contributed by atoms with Crippen molar-refractivity contribution in [3.8, 4) is 11.5 Å². The number of methoxy groups -OCH3 is 2. The standard InChI is InChI=1S/C20H32N2O2/c1-16-7-4-5-9-18(16)22-13-11-21(12-14-22)15-17-8-6-10-19(23-2)20(17)24-3/h6,8,10,16,18H,4-5,7,9,11-15H2,1-3H3/p+2/t16-,18-/m1/s1. The van der Waals surface area contributed by atoms with Gasteiger partial charge in [0, 0.05) is 5.92 Å². The van der Waals surface area contributed by atoms with Crippen LogP contribution in [0.4, 0.5) is 0 Å². The number of piperazine rings is 1. The summed E-state index contributed by atoms with van der Waals surface area (Å²) in [6.45, 7) is 8.66. The first-order chi connectivity index (χ1) is 11.7. The maximum absolute atomic E-state index is 5.60. The van der Waals surface area contributed by atoms with Gasteiger partial charge in [0.1, 0.15) is 32.7 Å². The molecule has 4 heteroatoms. The molecule has 1 aliphatic carbocycles. The fourth-order valence-electron chi connectivity index (χ4n) is 4.76. The Bertz CT molecular complexity index is 526. The van der Waals surface area contributed by atoms with Crippen LogP contribution in [0.2, 0.25) is 0 Å².